The van der Waals surface area contributed by atoms with E-state index in [-0.39, 0.29) is 0 Å². The van der Waals surface area contributed by atoms with E-state index in [0.717, 1.165) is 21.7 Å². The van der Waals surface area contributed by atoms with Gasteiger partial charge in [-0.15, -0.1) is 0 Å². The molecule has 0 aliphatic rings. The molecule has 0 aliphatic carbocycles. The fourth-order valence-electron chi connectivity index (χ4n) is 1.87. The zero-order chi connectivity index (χ0) is 13.1. The maximum Gasteiger partial charge on any atom is 0.0638 e. The van der Waals surface area contributed by atoms with Crippen LogP contribution < -0.4 is 5.32 Å². The van der Waals surface area contributed by atoms with Crippen LogP contribution in [0.5, 0.6) is 0 Å². The normalized spacial score (nSPS) is 10.4. The second-order valence-electron chi connectivity index (χ2n) is 4.41. The van der Waals surface area contributed by atoms with Gasteiger partial charge in [0.2, 0.25) is 0 Å². The number of hydrogen-bond donors (Lipinski definition) is 1. The first kappa shape index (κ1) is 13.4. The van der Waals surface area contributed by atoms with Crippen molar-refractivity contribution in [3.05, 3.63) is 62.6 Å². The molecule has 0 aromatic heterocycles. The third-order valence-electron chi connectivity index (χ3n) is 2.90. The number of nitrogens with one attached hydrogen (secondary N) is 1. The minimum absolute atomic E-state index is 0.739. The molecule has 2 rings (SSSR count). The standard InChI is InChI=1S/C15H15BrClN/c1-10-3-4-12(11(2)7-10)9-18-15-8-13(16)5-6-14(15)17/h3-8,18H,9H2,1-2H3. The first-order chi connectivity index (χ1) is 8.56. The van der Waals surface area contributed by atoms with Crippen molar-refractivity contribution in [2.24, 2.45) is 0 Å². The van der Waals surface area contributed by atoms with Gasteiger partial charge in [-0.2, -0.15) is 0 Å². The molecule has 18 heavy (non-hydrogen) atoms. The fraction of sp³-hybridized carbons (Fsp3) is 0.200. The highest BCUT2D eigenvalue weighted by molar-refractivity contribution is 9.10. The maximum absolute atomic E-state index is 6.14. The first-order valence-electron chi connectivity index (χ1n) is 5.81. The summed E-state index contributed by atoms with van der Waals surface area (Å²) < 4.78 is 1.02. The molecule has 0 saturated heterocycles. The molecular formula is C15H15BrClN. The van der Waals surface area contributed by atoms with E-state index in [0.29, 0.717) is 0 Å². The fourth-order valence-corrected chi connectivity index (χ4v) is 2.41. The zero-order valence-electron chi connectivity index (χ0n) is 10.4. The van der Waals surface area contributed by atoms with Crippen molar-refractivity contribution >= 4 is 33.2 Å². The Morgan fingerprint density at radius 2 is 1.89 bits per heavy atom. The smallest absolute Gasteiger partial charge is 0.0638 e. The predicted molar refractivity (Wildman–Crippen MR) is 82.4 cm³/mol. The minimum atomic E-state index is 0.739. The highest BCUT2D eigenvalue weighted by Gasteiger charge is 2.02. The van der Waals surface area contributed by atoms with E-state index >= 15 is 0 Å². The summed E-state index contributed by atoms with van der Waals surface area (Å²) in [6.07, 6.45) is 0. The molecule has 0 atom stereocenters. The van der Waals surface area contributed by atoms with Gasteiger partial charge in [0.15, 0.2) is 0 Å². The summed E-state index contributed by atoms with van der Waals surface area (Å²) >= 11 is 9.59. The number of rotatable bonds is 3. The Balaban J connectivity index is 2.13. The van der Waals surface area contributed by atoms with Crippen molar-refractivity contribution < 1.29 is 0 Å². The molecule has 0 radical (unpaired) electrons. The van der Waals surface area contributed by atoms with Gasteiger partial charge in [-0.05, 0) is 43.2 Å². The average Bonchev–Trinajstić information content (AvgIpc) is 2.32. The third-order valence-corrected chi connectivity index (χ3v) is 3.72. The lowest BCUT2D eigenvalue weighted by atomic mass is 10.1. The number of halogens is 2. The summed E-state index contributed by atoms with van der Waals surface area (Å²) in [5.41, 5.74) is 4.83. The van der Waals surface area contributed by atoms with E-state index in [1.54, 1.807) is 0 Å². The van der Waals surface area contributed by atoms with Crippen LogP contribution in [0.2, 0.25) is 5.02 Å². The van der Waals surface area contributed by atoms with Crippen LogP contribution in [0.15, 0.2) is 40.9 Å². The van der Waals surface area contributed by atoms with Gasteiger partial charge in [0.05, 0.1) is 10.7 Å². The molecule has 2 aromatic rings. The van der Waals surface area contributed by atoms with Gasteiger partial charge < -0.3 is 5.32 Å². The van der Waals surface area contributed by atoms with E-state index in [4.69, 9.17) is 11.6 Å². The molecular weight excluding hydrogens is 310 g/mol. The summed E-state index contributed by atoms with van der Waals surface area (Å²) in [5, 5.41) is 4.11. The summed E-state index contributed by atoms with van der Waals surface area (Å²) in [5.74, 6) is 0. The number of benzene rings is 2. The molecule has 1 N–H and O–H groups in total. The zero-order valence-corrected chi connectivity index (χ0v) is 12.8. The lowest BCUT2D eigenvalue weighted by Crippen LogP contribution is -2.02. The Morgan fingerprint density at radius 3 is 2.61 bits per heavy atom. The monoisotopic (exact) mass is 323 g/mol. The molecule has 0 aliphatic heterocycles. The summed E-state index contributed by atoms with van der Waals surface area (Å²) in [6, 6.07) is 12.3. The number of hydrogen-bond acceptors (Lipinski definition) is 1. The molecule has 0 amide bonds. The highest BCUT2D eigenvalue weighted by Crippen LogP contribution is 2.26. The van der Waals surface area contributed by atoms with Crippen LogP contribution in [0.25, 0.3) is 0 Å². The first-order valence-corrected chi connectivity index (χ1v) is 6.98. The third kappa shape index (κ3) is 3.27. The SMILES string of the molecule is Cc1ccc(CNc2cc(Br)ccc2Cl)c(C)c1. The average molecular weight is 325 g/mol. The Hall–Kier alpha value is -0.990. The Labute approximate surface area is 121 Å². The molecule has 0 bridgehead atoms. The van der Waals surface area contributed by atoms with E-state index in [9.17, 15) is 0 Å². The van der Waals surface area contributed by atoms with Crippen LogP contribution in [0.4, 0.5) is 5.69 Å². The van der Waals surface area contributed by atoms with Crippen LogP contribution in [0.1, 0.15) is 16.7 Å². The van der Waals surface area contributed by atoms with Crippen LogP contribution in [0.3, 0.4) is 0 Å². The molecule has 2 aromatic carbocycles. The van der Waals surface area contributed by atoms with Gasteiger partial charge in [0, 0.05) is 11.0 Å². The lowest BCUT2D eigenvalue weighted by Gasteiger charge is -2.11. The topological polar surface area (TPSA) is 12.0 Å². The van der Waals surface area contributed by atoms with Crippen LogP contribution in [-0.2, 0) is 6.54 Å². The molecule has 0 heterocycles. The van der Waals surface area contributed by atoms with Gasteiger partial charge in [-0.25, -0.2) is 0 Å². The molecule has 94 valence electrons. The number of aryl methyl sites for hydroxylation is 2. The van der Waals surface area contributed by atoms with E-state index in [1.807, 2.05) is 18.2 Å². The van der Waals surface area contributed by atoms with Gasteiger partial charge in [-0.3, -0.25) is 0 Å². The molecule has 0 spiro atoms. The van der Waals surface area contributed by atoms with Gasteiger partial charge in [-0.1, -0.05) is 51.3 Å². The summed E-state index contributed by atoms with van der Waals surface area (Å²) in [7, 11) is 0. The Kier molecular flexibility index (Phi) is 4.31. The van der Waals surface area contributed by atoms with Crippen molar-refractivity contribution in [3.63, 3.8) is 0 Å². The summed E-state index contributed by atoms with van der Waals surface area (Å²) in [6.45, 7) is 5.02. The molecule has 0 unspecified atom stereocenters. The maximum atomic E-state index is 6.14. The van der Waals surface area contributed by atoms with Crippen molar-refractivity contribution in [2.75, 3.05) is 5.32 Å². The molecule has 0 saturated carbocycles. The lowest BCUT2D eigenvalue weighted by molar-refractivity contribution is 1.11. The molecule has 1 nitrogen and oxygen atoms in total. The van der Waals surface area contributed by atoms with Gasteiger partial charge >= 0.3 is 0 Å². The largest absolute Gasteiger partial charge is 0.380 e. The number of anilines is 1. The van der Waals surface area contributed by atoms with Crippen LogP contribution >= 0.6 is 27.5 Å². The van der Waals surface area contributed by atoms with Crippen molar-refractivity contribution in [2.45, 2.75) is 20.4 Å². The van der Waals surface area contributed by atoms with E-state index < -0.39 is 0 Å². The van der Waals surface area contributed by atoms with E-state index in [1.165, 1.54) is 16.7 Å². The van der Waals surface area contributed by atoms with Gasteiger partial charge in [0.1, 0.15) is 0 Å². The van der Waals surface area contributed by atoms with Crippen molar-refractivity contribution in [1.82, 2.24) is 0 Å². The Bertz CT molecular complexity index is 566. The molecule has 3 heteroatoms. The van der Waals surface area contributed by atoms with Crippen LogP contribution in [0, 0.1) is 13.8 Å². The predicted octanol–water partition coefficient (Wildman–Crippen LogP) is 5.33. The molecule has 0 fully saturated rings. The minimum Gasteiger partial charge on any atom is -0.380 e. The van der Waals surface area contributed by atoms with Crippen molar-refractivity contribution in [3.8, 4) is 0 Å². The quantitative estimate of drug-likeness (QED) is 0.804. The second kappa shape index (κ2) is 5.77. The van der Waals surface area contributed by atoms with Gasteiger partial charge in [0.25, 0.3) is 0 Å². The second-order valence-corrected chi connectivity index (χ2v) is 5.73. The van der Waals surface area contributed by atoms with Crippen LogP contribution in [-0.4, -0.2) is 0 Å². The highest BCUT2D eigenvalue weighted by atomic mass is 79.9. The Morgan fingerprint density at radius 1 is 1.11 bits per heavy atom. The summed E-state index contributed by atoms with van der Waals surface area (Å²) in [4.78, 5) is 0. The van der Waals surface area contributed by atoms with Crippen molar-refractivity contribution in [1.29, 1.82) is 0 Å². The van der Waals surface area contributed by atoms with E-state index in [2.05, 4.69) is 53.3 Å².